The van der Waals surface area contributed by atoms with Gasteiger partial charge in [0.05, 0.1) is 13.1 Å². The summed E-state index contributed by atoms with van der Waals surface area (Å²) in [5.41, 5.74) is 1.23. The summed E-state index contributed by atoms with van der Waals surface area (Å²) in [6.45, 7) is 6.51. The molecule has 1 aliphatic rings. The van der Waals surface area contributed by atoms with Crippen molar-refractivity contribution in [1.29, 1.82) is 0 Å². The average molecular weight is 366 g/mol. The first-order valence-electron chi connectivity index (χ1n) is 9.46. The van der Waals surface area contributed by atoms with Gasteiger partial charge in [0, 0.05) is 13.1 Å². The third-order valence-electron chi connectivity index (χ3n) is 4.91. The maximum Gasteiger partial charge on any atom is 0.172 e. The molecule has 0 saturated carbocycles. The number of benzene rings is 1. The summed E-state index contributed by atoms with van der Waals surface area (Å²) in [5.74, 6) is 1.79. The van der Waals surface area contributed by atoms with Crippen LogP contribution in [0.25, 0.3) is 0 Å². The van der Waals surface area contributed by atoms with Crippen molar-refractivity contribution in [3.63, 3.8) is 0 Å². The number of hydrogen-bond donors (Lipinski definition) is 0. The predicted octanol–water partition coefficient (Wildman–Crippen LogP) is 1.10. The molecule has 1 aromatic carbocycles. The number of aromatic nitrogens is 6. The Hall–Kier alpha value is -2.58. The van der Waals surface area contributed by atoms with Gasteiger partial charge in [0.2, 0.25) is 0 Å². The summed E-state index contributed by atoms with van der Waals surface area (Å²) in [4.78, 5) is 13.7. The highest BCUT2D eigenvalue weighted by Gasteiger charge is 2.17. The lowest BCUT2D eigenvalue weighted by Gasteiger charge is -2.19. The predicted molar refractivity (Wildman–Crippen MR) is 102 cm³/mol. The lowest BCUT2D eigenvalue weighted by atomic mass is 10.2. The third-order valence-corrected chi connectivity index (χ3v) is 4.91. The number of rotatable bonds is 6. The van der Waals surface area contributed by atoms with E-state index in [1.165, 1.54) is 18.3 Å². The minimum Gasteiger partial charge on any atom is -0.305 e. The minimum atomic E-state index is 0.539. The molecule has 2 aromatic heterocycles. The number of hydrogen-bond acceptors (Lipinski definition) is 6. The van der Waals surface area contributed by atoms with Crippen LogP contribution < -0.4 is 0 Å². The molecular formula is C19H26N8. The van der Waals surface area contributed by atoms with Crippen LogP contribution in [0.1, 0.15) is 23.6 Å². The molecule has 0 radical (unpaired) electrons. The second-order valence-electron chi connectivity index (χ2n) is 7.11. The van der Waals surface area contributed by atoms with E-state index in [4.69, 9.17) is 10.1 Å². The van der Waals surface area contributed by atoms with Gasteiger partial charge in [0.15, 0.2) is 5.82 Å². The molecule has 142 valence electrons. The molecule has 0 bridgehead atoms. The molecule has 0 N–H and O–H groups in total. The van der Waals surface area contributed by atoms with Crippen LogP contribution in [0.4, 0.5) is 0 Å². The lowest BCUT2D eigenvalue weighted by Crippen LogP contribution is -2.29. The minimum absolute atomic E-state index is 0.539. The summed E-state index contributed by atoms with van der Waals surface area (Å²) < 4.78 is 3.79. The Balaban J connectivity index is 1.54. The Morgan fingerprint density at radius 2 is 1.85 bits per heavy atom. The van der Waals surface area contributed by atoms with E-state index >= 15 is 0 Å². The maximum absolute atomic E-state index is 4.83. The smallest absolute Gasteiger partial charge is 0.172 e. The summed E-state index contributed by atoms with van der Waals surface area (Å²) in [6.07, 6.45) is 4.42. The maximum atomic E-state index is 4.83. The quantitative estimate of drug-likeness (QED) is 0.651. The Morgan fingerprint density at radius 3 is 2.67 bits per heavy atom. The van der Waals surface area contributed by atoms with Crippen LogP contribution in [0.2, 0.25) is 0 Å². The van der Waals surface area contributed by atoms with Crippen LogP contribution in [0.5, 0.6) is 0 Å². The molecule has 27 heavy (non-hydrogen) atoms. The number of likely N-dealkylation sites (N-methyl/N-ethyl adjacent to an activating group) is 1. The lowest BCUT2D eigenvalue weighted by molar-refractivity contribution is 0.259. The first-order chi connectivity index (χ1) is 13.3. The summed E-state index contributed by atoms with van der Waals surface area (Å²) >= 11 is 0. The van der Waals surface area contributed by atoms with E-state index in [0.29, 0.717) is 6.54 Å². The SMILES string of the molecule is CN1CCCN(Cc2nc(Cn3cncn3)nn2Cc2ccccc2)CC1. The number of nitrogens with zero attached hydrogens (tertiary/aromatic N) is 8. The van der Waals surface area contributed by atoms with Gasteiger partial charge in [0.1, 0.15) is 25.0 Å². The molecular weight excluding hydrogens is 340 g/mol. The van der Waals surface area contributed by atoms with Gasteiger partial charge < -0.3 is 4.90 Å². The van der Waals surface area contributed by atoms with Crippen LogP contribution in [-0.4, -0.2) is 72.6 Å². The molecule has 3 heterocycles. The molecule has 0 atom stereocenters. The van der Waals surface area contributed by atoms with Gasteiger partial charge in [-0.25, -0.2) is 19.3 Å². The summed E-state index contributed by atoms with van der Waals surface area (Å²) in [5, 5.41) is 8.94. The van der Waals surface area contributed by atoms with E-state index in [-0.39, 0.29) is 0 Å². The molecule has 0 amide bonds. The van der Waals surface area contributed by atoms with Crippen LogP contribution in [0.15, 0.2) is 43.0 Å². The largest absolute Gasteiger partial charge is 0.305 e. The van der Waals surface area contributed by atoms with E-state index < -0.39 is 0 Å². The van der Waals surface area contributed by atoms with Crippen molar-refractivity contribution in [2.45, 2.75) is 26.1 Å². The zero-order valence-corrected chi connectivity index (χ0v) is 15.8. The molecule has 3 aromatic rings. The first-order valence-corrected chi connectivity index (χ1v) is 9.46. The van der Waals surface area contributed by atoms with E-state index in [0.717, 1.165) is 50.9 Å². The molecule has 0 aliphatic carbocycles. The van der Waals surface area contributed by atoms with Gasteiger partial charge in [-0.1, -0.05) is 30.3 Å². The molecule has 4 rings (SSSR count). The van der Waals surface area contributed by atoms with E-state index in [2.05, 4.69) is 51.2 Å². The van der Waals surface area contributed by atoms with E-state index in [1.807, 2.05) is 10.7 Å². The molecule has 8 nitrogen and oxygen atoms in total. The highest BCUT2D eigenvalue weighted by molar-refractivity contribution is 5.15. The third kappa shape index (κ3) is 4.78. The Labute approximate surface area is 159 Å². The average Bonchev–Trinajstić information content (AvgIpc) is 3.25. The van der Waals surface area contributed by atoms with Crippen LogP contribution in [-0.2, 0) is 19.6 Å². The molecule has 1 aliphatic heterocycles. The molecule has 0 spiro atoms. The normalized spacial score (nSPS) is 16.5. The van der Waals surface area contributed by atoms with E-state index in [1.54, 1.807) is 11.0 Å². The highest BCUT2D eigenvalue weighted by atomic mass is 15.4. The van der Waals surface area contributed by atoms with Gasteiger partial charge in [-0.05, 0) is 32.1 Å². The standard InChI is InChI=1S/C19H26N8/c1-24-8-5-9-25(11-10-24)14-19-22-18(13-26-16-20-15-21-26)23-27(19)12-17-6-3-2-4-7-17/h2-4,6-7,15-16H,5,8-14H2,1H3. The van der Waals surface area contributed by atoms with Crippen LogP contribution in [0.3, 0.4) is 0 Å². The second-order valence-corrected chi connectivity index (χ2v) is 7.11. The van der Waals surface area contributed by atoms with Crippen molar-refractivity contribution in [3.05, 3.63) is 60.2 Å². The first kappa shape index (κ1) is 17.8. The van der Waals surface area contributed by atoms with Gasteiger partial charge in [0.25, 0.3) is 0 Å². The summed E-state index contributed by atoms with van der Waals surface area (Å²) in [7, 11) is 2.19. The van der Waals surface area contributed by atoms with Crippen LogP contribution >= 0.6 is 0 Å². The Morgan fingerprint density at radius 1 is 0.963 bits per heavy atom. The van der Waals surface area contributed by atoms with Crippen molar-refractivity contribution in [1.82, 2.24) is 39.3 Å². The van der Waals surface area contributed by atoms with Crippen molar-refractivity contribution in [2.75, 3.05) is 33.2 Å². The van der Waals surface area contributed by atoms with Crippen molar-refractivity contribution >= 4 is 0 Å². The zero-order valence-electron chi connectivity index (χ0n) is 15.8. The Kier molecular flexibility index (Phi) is 5.55. The van der Waals surface area contributed by atoms with Crippen molar-refractivity contribution in [3.8, 4) is 0 Å². The van der Waals surface area contributed by atoms with E-state index in [9.17, 15) is 0 Å². The fourth-order valence-electron chi connectivity index (χ4n) is 3.41. The molecule has 1 saturated heterocycles. The summed E-state index contributed by atoms with van der Waals surface area (Å²) in [6, 6.07) is 10.4. The molecule has 1 fully saturated rings. The van der Waals surface area contributed by atoms with Crippen molar-refractivity contribution in [2.24, 2.45) is 0 Å². The van der Waals surface area contributed by atoms with Gasteiger partial charge in [-0.15, -0.1) is 0 Å². The highest BCUT2D eigenvalue weighted by Crippen LogP contribution is 2.11. The molecule has 0 unspecified atom stereocenters. The topological polar surface area (TPSA) is 67.9 Å². The Bertz CT molecular complexity index is 827. The van der Waals surface area contributed by atoms with Gasteiger partial charge >= 0.3 is 0 Å². The second kappa shape index (κ2) is 8.41. The fraction of sp³-hybridized carbons (Fsp3) is 0.474. The molecule has 8 heteroatoms. The van der Waals surface area contributed by atoms with Gasteiger partial charge in [-0.2, -0.15) is 10.2 Å². The fourth-order valence-corrected chi connectivity index (χ4v) is 3.41. The van der Waals surface area contributed by atoms with Gasteiger partial charge in [-0.3, -0.25) is 4.90 Å². The van der Waals surface area contributed by atoms with Crippen LogP contribution in [0, 0.1) is 0 Å². The van der Waals surface area contributed by atoms with Crippen molar-refractivity contribution < 1.29 is 0 Å². The monoisotopic (exact) mass is 366 g/mol. The zero-order chi connectivity index (χ0) is 18.5.